The van der Waals surface area contributed by atoms with E-state index in [1.54, 1.807) is 6.07 Å². The van der Waals surface area contributed by atoms with Gasteiger partial charge in [0.15, 0.2) is 5.58 Å². The number of nitrogens with one attached hydrogen (secondary N) is 1. The van der Waals surface area contributed by atoms with Crippen LogP contribution < -0.4 is 4.72 Å². The number of fused-ring (bicyclic) bond motifs is 1. The Labute approximate surface area is 132 Å². The fourth-order valence-corrected chi connectivity index (χ4v) is 3.92. The van der Waals surface area contributed by atoms with Crippen LogP contribution in [0.1, 0.15) is 23.2 Å². The Bertz CT molecular complexity index is 808. The number of hydrogen-bond acceptors (Lipinski definition) is 5. The minimum Gasteiger partial charge on any atom is -0.463 e. The van der Waals surface area contributed by atoms with Crippen LogP contribution in [0.4, 0.5) is 0 Å². The molecular formula is C14H14ClNO5S. The van der Waals surface area contributed by atoms with Crippen LogP contribution in [0, 0.1) is 0 Å². The van der Waals surface area contributed by atoms with E-state index >= 15 is 0 Å². The molecule has 1 aliphatic rings. The molecule has 0 bridgehead atoms. The Kier molecular flexibility index (Phi) is 4.12. The van der Waals surface area contributed by atoms with Gasteiger partial charge in [-0.15, -0.1) is 0 Å². The van der Waals surface area contributed by atoms with Gasteiger partial charge in [0.25, 0.3) is 5.91 Å². The second kappa shape index (κ2) is 5.91. The maximum absolute atomic E-state index is 12.2. The average Bonchev–Trinajstić information content (AvgIpc) is 3.09. The first-order valence-electron chi connectivity index (χ1n) is 6.78. The molecule has 22 heavy (non-hydrogen) atoms. The summed E-state index contributed by atoms with van der Waals surface area (Å²) in [4.78, 5) is 12.2. The lowest BCUT2D eigenvalue weighted by Gasteiger charge is -2.11. The molecule has 0 aliphatic carbocycles. The van der Waals surface area contributed by atoms with Crippen LogP contribution in [0.2, 0.25) is 5.02 Å². The number of rotatable bonds is 4. The van der Waals surface area contributed by atoms with Crippen LogP contribution in [0.15, 0.2) is 28.9 Å². The zero-order chi connectivity index (χ0) is 15.7. The molecule has 8 heteroatoms. The minimum absolute atomic E-state index is 0.198. The van der Waals surface area contributed by atoms with E-state index in [2.05, 4.69) is 4.72 Å². The number of halogens is 1. The predicted octanol–water partition coefficient (Wildman–Crippen LogP) is 2.32. The summed E-state index contributed by atoms with van der Waals surface area (Å²) in [5.74, 6) is -0.929. The van der Waals surface area contributed by atoms with Crippen LogP contribution in [-0.4, -0.2) is 32.8 Å². The number of furan rings is 1. The number of carbonyl (C=O) groups excluding carboxylic acids is 1. The van der Waals surface area contributed by atoms with Crippen molar-refractivity contribution in [2.24, 2.45) is 0 Å². The van der Waals surface area contributed by atoms with E-state index in [9.17, 15) is 13.2 Å². The number of ether oxygens (including phenoxy) is 1. The van der Waals surface area contributed by atoms with Gasteiger partial charge in [-0.1, -0.05) is 11.6 Å². The molecule has 1 fully saturated rings. The Morgan fingerprint density at radius 3 is 2.91 bits per heavy atom. The second-order valence-electron chi connectivity index (χ2n) is 5.11. The molecule has 1 aromatic heterocycles. The molecule has 118 valence electrons. The van der Waals surface area contributed by atoms with Gasteiger partial charge in [0, 0.05) is 12.0 Å². The molecule has 1 atom stereocenters. The fourth-order valence-electron chi connectivity index (χ4n) is 2.48. The first kappa shape index (κ1) is 15.3. The zero-order valence-corrected chi connectivity index (χ0v) is 13.1. The smallest absolute Gasteiger partial charge is 0.265 e. The Hall–Kier alpha value is -1.57. The second-order valence-corrected chi connectivity index (χ2v) is 7.28. The van der Waals surface area contributed by atoms with Gasteiger partial charge >= 0.3 is 0 Å². The van der Waals surface area contributed by atoms with Gasteiger partial charge in [-0.2, -0.15) is 0 Å². The van der Waals surface area contributed by atoms with Crippen molar-refractivity contribution in [2.75, 3.05) is 12.4 Å². The molecule has 0 spiro atoms. The normalized spacial score (nSPS) is 18.7. The third-order valence-corrected chi connectivity index (χ3v) is 5.10. The molecule has 1 aliphatic heterocycles. The van der Waals surface area contributed by atoms with Crippen LogP contribution in [0.25, 0.3) is 11.0 Å². The monoisotopic (exact) mass is 343 g/mol. The van der Waals surface area contributed by atoms with E-state index in [1.807, 2.05) is 0 Å². The third kappa shape index (κ3) is 3.11. The lowest BCUT2D eigenvalue weighted by atomic mass is 10.1. The van der Waals surface area contributed by atoms with Gasteiger partial charge in [0.1, 0.15) is 0 Å². The van der Waals surface area contributed by atoms with Crippen molar-refractivity contribution >= 4 is 38.5 Å². The molecule has 2 heterocycles. The molecule has 1 N–H and O–H groups in total. The average molecular weight is 344 g/mol. The fraction of sp³-hybridized carbons (Fsp3) is 0.357. The lowest BCUT2D eigenvalue weighted by Crippen LogP contribution is -2.36. The summed E-state index contributed by atoms with van der Waals surface area (Å²) < 4.78 is 36.7. The standard InChI is InChI=1S/C14H14ClNO5S/c15-12-4-3-11(10-5-7-21-13(10)12)14(17)16-22(18,19)8-9-2-1-6-20-9/h3-5,7,9H,1-2,6,8H2,(H,16,17). The molecule has 3 rings (SSSR count). The Balaban J connectivity index is 1.81. The molecule has 1 saturated heterocycles. The van der Waals surface area contributed by atoms with Crippen molar-refractivity contribution in [3.8, 4) is 0 Å². The molecule has 1 unspecified atom stereocenters. The molecule has 0 radical (unpaired) electrons. The van der Waals surface area contributed by atoms with Crippen molar-refractivity contribution in [3.05, 3.63) is 35.0 Å². The summed E-state index contributed by atoms with van der Waals surface area (Å²) >= 11 is 5.96. The summed E-state index contributed by atoms with van der Waals surface area (Å²) in [7, 11) is -3.76. The maximum atomic E-state index is 12.2. The van der Waals surface area contributed by atoms with Crippen molar-refractivity contribution in [1.82, 2.24) is 4.72 Å². The molecule has 2 aromatic rings. The Morgan fingerprint density at radius 2 is 2.18 bits per heavy atom. The van der Waals surface area contributed by atoms with Crippen LogP contribution in [-0.2, 0) is 14.8 Å². The van der Waals surface area contributed by atoms with Crippen LogP contribution in [0.5, 0.6) is 0 Å². The molecule has 0 saturated carbocycles. The first-order valence-corrected chi connectivity index (χ1v) is 8.81. The SMILES string of the molecule is O=C(NS(=O)(=O)CC1CCCO1)c1ccc(Cl)c2occc12. The number of amides is 1. The summed E-state index contributed by atoms with van der Waals surface area (Å²) in [5.41, 5.74) is 0.551. The summed E-state index contributed by atoms with van der Waals surface area (Å²) in [6.45, 7) is 0.557. The first-order chi connectivity index (χ1) is 10.5. The van der Waals surface area contributed by atoms with E-state index in [-0.39, 0.29) is 17.4 Å². The molecule has 6 nitrogen and oxygen atoms in total. The van der Waals surface area contributed by atoms with E-state index in [4.69, 9.17) is 20.8 Å². The van der Waals surface area contributed by atoms with Gasteiger partial charge in [-0.05, 0) is 31.0 Å². The van der Waals surface area contributed by atoms with Gasteiger partial charge < -0.3 is 9.15 Å². The highest BCUT2D eigenvalue weighted by Gasteiger charge is 2.26. The topological polar surface area (TPSA) is 85.6 Å². The number of benzene rings is 1. The van der Waals surface area contributed by atoms with Crippen molar-refractivity contribution in [1.29, 1.82) is 0 Å². The van der Waals surface area contributed by atoms with Crippen LogP contribution in [0.3, 0.4) is 0 Å². The highest BCUT2D eigenvalue weighted by Crippen LogP contribution is 2.27. The predicted molar refractivity (Wildman–Crippen MR) is 81.5 cm³/mol. The summed E-state index contributed by atoms with van der Waals surface area (Å²) in [5, 5.41) is 0.830. The van der Waals surface area contributed by atoms with Gasteiger partial charge in [0.2, 0.25) is 10.0 Å². The lowest BCUT2D eigenvalue weighted by molar-refractivity contribution is 0.0981. The molecular weight excluding hydrogens is 330 g/mol. The third-order valence-electron chi connectivity index (χ3n) is 3.49. The zero-order valence-electron chi connectivity index (χ0n) is 11.5. The van der Waals surface area contributed by atoms with E-state index in [1.165, 1.54) is 18.4 Å². The van der Waals surface area contributed by atoms with Gasteiger partial charge in [-0.25, -0.2) is 13.1 Å². The quantitative estimate of drug-likeness (QED) is 0.920. The summed E-state index contributed by atoms with van der Waals surface area (Å²) in [6.07, 6.45) is 2.56. The Morgan fingerprint density at radius 1 is 1.36 bits per heavy atom. The van der Waals surface area contributed by atoms with E-state index in [0.29, 0.717) is 29.0 Å². The highest BCUT2D eigenvalue weighted by molar-refractivity contribution is 7.90. The largest absolute Gasteiger partial charge is 0.463 e. The van der Waals surface area contributed by atoms with Crippen molar-refractivity contribution in [3.63, 3.8) is 0 Å². The number of carbonyl (C=O) groups is 1. The van der Waals surface area contributed by atoms with Gasteiger partial charge in [-0.3, -0.25) is 4.79 Å². The molecule has 1 aromatic carbocycles. The van der Waals surface area contributed by atoms with E-state index in [0.717, 1.165) is 6.42 Å². The number of hydrogen-bond donors (Lipinski definition) is 1. The summed E-state index contributed by atoms with van der Waals surface area (Å²) in [6, 6.07) is 4.54. The molecule has 1 amide bonds. The van der Waals surface area contributed by atoms with Crippen LogP contribution >= 0.6 is 11.6 Å². The van der Waals surface area contributed by atoms with E-state index < -0.39 is 15.9 Å². The highest BCUT2D eigenvalue weighted by atomic mass is 35.5. The minimum atomic E-state index is -3.76. The van der Waals surface area contributed by atoms with Gasteiger partial charge in [0.05, 0.1) is 28.7 Å². The van der Waals surface area contributed by atoms with Crippen molar-refractivity contribution in [2.45, 2.75) is 18.9 Å². The van der Waals surface area contributed by atoms with Crippen molar-refractivity contribution < 1.29 is 22.4 Å². The number of sulfonamides is 1. The maximum Gasteiger partial charge on any atom is 0.265 e.